The predicted molar refractivity (Wildman–Crippen MR) is 79.7 cm³/mol. The summed E-state index contributed by atoms with van der Waals surface area (Å²) in [6.07, 6.45) is 10.4. The molecule has 0 atom stereocenters. The Hall–Kier alpha value is -2.11. The molecule has 0 saturated heterocycles. The number of nitrogens with zero attached hydrogens (tertiary/aromatic N) is 3. The van der Waals surface area contributed by atoms with Crippen molar-refractivity contribution in [1.29, 1.82) is 0 Å². The van der Waals surface area contributed by atoms with E-state index in [-0.39, 0.29) is 11.2 Å². The van der Waals surface area contributed by atoms with Crippen molar-refractivity contribution in [3.63, 3.8) is 0 Å². The highest BCUT2D eigenvalue weighted by atomic mass is 16.2. The summed E-state index contributed by atoms with van der Waals surface area (Å²) in [4.78, 5) is 31.0. The van der Waals surface area contributed by atoms with Gasteiger partial charge in [0, 0.05) is 13.2 Å². The number of hydrogen-bond donors (Lipinski definition) is 1. The maximum atomic E-state index is 12.2. The van der Waals surface area contributed by atoms with Crippen molar-refractivity contribution in [2.45, 2.75) is 39.0 Å². The smallest absolute Gasteiger partial charge is 0.336 e. The number of unbranched alkanes of at least 4 members (excludes halogenated alkanes) is 4. The molecule has 0 aliphatic heterocycles. The molecule has 6 heteroatoms. The third-order valence-electron chi connectivity index (χ3n) is 3.34. The second-order valence-corrected chi connectivity index (χ2v) is 4.85. The number of allylic oxidation sites excluding steroid dienone is 1. The van der Waals surface area contributed by atoms with Crippen molar-refractivity contribution in [3.8, 4) is 0 Å². The topological polar surface area (TPSA) is 72.7 Å². The van der Waals surface area contributed by atoms with Gasteiger partial charge in [0.2, 0.25) is 0 Å². The molecule has 20 heavy (non-hydrogen) atoms. The van der Waals surface area contributed by atoms with Crippen LogP contribution in [0.5, 0.6) is 0 Å². The predicted octanol–water partition coefficient (Wildman–Crippen LogP) is 1.86. The molecule has 0 radical (unpaired) electrons. The van der Waals surface area contributed by atoms with Crippen molar-refractivity contribution < 1.29 is 0 Å². The number of nitrogens with one attached hydrogen (secondary N) is 1. The molecule has 0 aliphatic rings. The third kappa shape index (κ3) is 2.74. The monoisotopic (exact) mass is 276 g/mol. The average Bonchev–Trinajstić information content (AvgIpc) is 2.93. The molecule has 0 unspecified atom stereocenters. The van der Waals surface area contributed by atoms with Crippen LogP contribution in [0.4, 0.5) is 0 Å². The molecule has 0 saturated carbocycles. The van der Waals surface area contributed by atoms with Gasteiger partial charge in [-0.05, 0) is 12.8 Å². The Morgan fingerprint density at radius 2 is 2.10 bits per heavy atom. The van der Waals surface area contributed by atoms with Crippen LogP contribution in [0.2, 0.25) is 0 Å². The van der Waals surface area contributed by atoms with Gasteiger partial charge in [-0.25, -0.2) is 14.3 Å². The Morgan fingerprint density at radius 3 is 2.85 bits per heavy atom. The number of aromatic amines is 1. The molecule has 0 aromatic carbocycles. The van der Waals surface area contributed by atoms with Crippen LogP contribution in [-0.2, 0) is 7.05 Å². The van der Waals surface area contributed by atoms with E-state index >= 15 is 0 Å². The van der Waals surface area contributed by atoms with E-state index in [0.717, 1.165) is 17.4 Å². The first-order valence-corrected chi connectivity index (χ1v) is 6.98. The molecule has 0 spiro atoms. The Labute approximate surface area is 116 Å². The lowest BCUT2D eigenvalue weighted by Crippen LogP contribution is -2.36. The van der Waals surface area contributed by atoms with Gasteiger partial charge in [-0.1, -0.05) is 32.3 Å². The summed E-state index contributed by atoms with van der Waals surface area (Å²) in [5.41, 5.74) is 0.000134. The Kier molecular flexibility index (Phi) is 4.55. The van der Waals surface area contributed by atoms with E-state index in [1.165, 1.54) is 30.2 Å². The van der Waals surface area contributed by atoms with Gasteiger partial charge in [-0.3, -0.25) is 9.36 Å². The zero-order valence-corrected chi connectivity index (χ0v) is 11.9. The van der Waals surface area contributed by atoms with E-state index in [0.29, 0.717) is 11.2 Å². The molecule has 1 N–H and O–H groups in total. The first-order chi connectivity index (χ1) is 9.66. The van der Waals surface area contributed by atoms with Crippen LogP contribution in [0.3, 0.4) is 0 Å². The van der Waals surface area contributed by atoms with Crippen molar-refractivity contribution in [2.24, 2.45) is 7.05 Å². The van der Waals surface area contributed by atoms with E-state index in [1.807, 2.05) is 6.08 Å². The number of aryl methyl sites for hydroxylation is 1. The normalized spacial score (nSPS) is 11.7. The fourth-order valence-electron chi connectivity index (χ4n) is 2.16. The number of aromatic nitrogens is 4. The van der Waals surface area contributed by atoms with Crippen LogP contribution < -0.4 is 11.2 Å². The van der Waals surface area contributed by atoms with Crippen molar-refractivity contribution in [1.82, 2.24) is 19.1 Å². The molecule has 0 amide bonds. The highest BCUT2D eigenvalue weighted by molar-refractivity contribution is 5.69. The number of hydrogen-bond acceptors (Lipinski definition) is 3. The van der Waals surface area contributed by atoms with Gasteiger partial charge in [0.15, 0.2) is 5.65 Å². The van der Waals surface area contributed by atoms with Crippen molar-refractivity contribution in [3.05, 3.63) is 33.2 Å². The highest BCUT2D eigenvalue weighted by Crippen LogP contribution is 2.03. The minimum atomic E-state index is -0.376. The second-order valence-electron chi connectivity index (χ2n) is 4.85. The first-order valence-electron chi connectivity index (χ1n) is 6.98. The molecule has 108 valence electrons. The summed E-state index contributed by atoms with van der Waals surface area (Å²) in [7, 11) is 1.61. The number of rotatable bonds is 6. The molecule has 0 aliphatic carbocycles. The molecule has 2 heterocycles. The number of fused-ring (bicyclic) bond motifs is 1. The molecule has 0 bridgehead atoms. The standard InChI is InChI=1S/C14H20N4O2/c1-3-4-5-6-7-8-9-18-13(19)11-12(16-10-15-11)17(2)14(18)20/h8-10H,3-7H2,1-2H3,(H,15,16)/b9-8+. The molecular formula is C14H20N4O2. The summed E-state index contributed by atoms with van der Waals surface area (Å²) in [5, 5.41) is 0. The van der Waals surface area contributed by atoms with Crippen LogP contribution in [0.25, 0.3) is 17.4 Å². The summed E-state index contributed by atoms with van der Waals surface area (Å²) < 4.78 is 2.50. The molecule has 2 aromatic heterocycles. The number of H-pyrrole nitrogens is 1. The van der Waals surface area contributed by atoms with Crippen LogP contribution in [0.15, 0.2) is 22.0 Å². The number of imidazole rings is 1. The minimum absolute atomic E-state index is 0.350. The second kappa shape index (κ2) is 6.36. The molecule has 6 nitrogen and oxygen atoms in total. The van der Waals surface area contributed by atoms with E-state index in [1.54, 1.807) is 13.2 Å². The van der Waals surface area contributed by atoms with Gasteiger partial charge in [0.25, 0.3) is 5.56 Å². The fraction of sp³-hybridized carbons (Fsp3) is 0.500. The van der Waals surface area contributed by atoms with Gasteiger partial charge in [-0.15, -0.1) is 0 Å². The van der Waals surface area contributed by atoms with E-state index in [2.05, 4.69) is 16.9 Å². The lowest BCUT2D eigenvalue weighted by molar-refractivity contribution is 0.674. The van der Waals surface area contributed by atoms with Gasteiger partial charge < -0.3 is 4.98 Å². The Bertz CT molecular complexity index is 721. The van der Waals surface area contributed by atoms with Crippen molar-refractivity contribution in [2.75, 3.05) is 0 Å². The van der Waals surface area contributed by atoms with E-state index in [4.69, 9.17) is 0 Å². The zero-order valence-electron chi connectivity index (χ0n) is 11.9. The lowest BCUT2D eigenvalue weighted by atomic mass is 10.1. The van der Waals surface area contributed by atoms with Crippen LogP contribution in [0, 0.1) is 0 Å². The van der Waals surface area contributed by atoms with Gasteiger partial charge in [0.05, 0.1) is 6.33 Å². The third-order valence-corrected chi connectivity index (χ3v) is 3.34. The summed E-state index contributed by atoms with van der Waals surface area (Å²) in [6.45, 7) is 2.17. The van der Waals surface area contributed by atoms with Gasteiger partial charge in [-0.2, -0.15) is 0 Å². The maximum absolute atomic E-state index is 12.2. The SMILES string of the molecule is CCCCCC/C=C/n1c(=O)c2[nH]cnc2n(C)c1=O. The molecular weight excluding hydrogens is 256 g/mol. The Balaban J connectivity index is 2.24. The maximum Gasteiger partial charge on any atom is 0.336 e. The first kappa shape index (κ1) is 14.3. The highest BCUT2D eigenvalue weighted by Gasteiger charge is 2.10. The average molecular weight is 276 g/mol. The zero-order chi connectivity index (χ0) is 14.5. The summed E-state index contributed by atoms with van der Waals surface area (Å²) >= 11 is 0. The fourth-order valence-corrected chi connectivity index (χ4v) is 2.16. The minimum Gasteiger partial charge on any atom is -0.339 e. The van der Waals surface area contributed by atoms with Crippen LogP contribution in [0.1, 0.15) is 39.0 Å². The summed E-state index contributed by atoms with van der Waals surface area (Å²) in [6, 6.07) is 0. The van der Waals surface area contributed by atoms with E-state index < -0.39 is 0 Å². The van der Waals surface area contributed by atoms with Crippen LogP contribution >= 0.6 is 0 Å². The molecule has 2 rings (SSSR count). The largest absolute Gasteiger partial charge is 0.339 e. The summed E-state index contributed by atoms with van der Waals surface area (Å²) in [5.74, 6) is 0. The quantitative estimate of drug-likeness (QED) is 0.818. The van der Waals surface area contributed by atoms with Gasteiger partial charge >= 0.3 is 5.69 Å². The van der Waals surface area contributed by atoms with Gasteiger partial charge in [0.1, 0.15) is 5.52 Å². The Morgan fingerprint density at radius 1 is 1.30 bits per heavy atom. The lowest BCUT2D eigenvalue weighted by Gasteiger charge is -2.03. The van der Waals surface area contributed by atoms with Crippen LogP contribution in [-0.4, -0.2) is 19.1 Å². The molecule has 2 aromatic rings. The van der Waals surface area contributed by atoms with Crippen molar-refractivity contribution >= 4 is 17.4 Å². The molecule has 0 fully saturated rings. The van der Waals surface area contributed by atoms with E-state index in [9.17, 15) is 9.59 Å².